The van der Waals surface area contributed by atoms with Crippen LogP contribution in [0.2, 0.25) is 5.02 Å². The molecular formula is C19H22ClN3O3S. The van der Waals surface area contributed by atoms with Crippen molar-refractivity contribution in [3.8, 4) is 0 Å². The summed E-state index contributed by atoms with van der Waals surface area (Å²) in [6.07, 6.45) is 4.71. The molecule has 0 atom stereocenters. The molecule has 2 heterocycles. The number of carbonyl (C=O) groups is 1. The average Bonchev–Trinajstić information content (AvgIpc) is 2.69. The van der Waals surface area contributed by atoms with Gasteiger partial charge in [-0.3, -0.25) is 9.78 Å². The Morgan fingerprint density at radius 2 is 2.04 bits per heavy atom. The van der Waals surface area contributed by atoms with Gasteiger partial charge in [0.25, 0.3) is 5.91 Å². The SMILES string of the molecule is Cc1ccc(Cl)cc1S(=O)(=O)NCC1CCN(C(=O)c2cccnc2)CC1. The van der Waals surface area contributed by atoms with Crippen molar-refractivity contribution in [3.05, 3.63) is 58.9 Å². The van der Waals surface area contributed by atoms with Crippen LogP contribution in [-0.2, 0) is 10.0 Å². The van der Waals surface area contributed by atoms with E-state index in [-0.39, 0.29) is 16.7 Å². The number of nitrogens with zero attached hydrogens (tertiary/aromatic N) is 2. The molecule has 1 aromatic heterocycles. The fourth-order valence-electron chi connectivity index (χ4n) is 3.18. The van der Waals surface area contributed by atoms with Crippen molar-refractivity contribution in [3.63, 3.8) is 0 Å². The van der Waals surface area contributed by atoms with E-state index in [4.69, 9.17) is 11.6 Å². The lowest BCUT2D eigenvalue weighted by Crippen LogP contribution is -2.41. The number of aryl methyl sites for hydroxylation is 1. The van der Waals surface area contributed by atoms with Gasteiger partial charge in [0.2, 0.25) is 10.0 Å². The van der Waals surface area contributed by atoms with Crippen molar-refractivity contribution in [2.45, 2.75) is 24.7 Å². The summed E-state index contributed by atoms with van der Waals surface area (Å²) in [6, 6.07) is 8.33. The first kappa shape index (κ1) is 19.8. The second kappa shape index (κ2) is 8.37. The van der Waals surface area contributed by atoms with E-state index < -0.39 is 10.0 Å². The molecule has 0 aliphatic carbocycles. The van der Waals surface area contributed by atoms with Gasteiger partial charge in [0.15, 0.2) is 0 Å². The van der Waals surface area contributed by atoms with Gasteiger partial charge in [-0.05, 0) is 55.5 Å². The molecule has 1 saturated heterocycles. The summed E-state index contributed by atoms with van der Waals surface area (Å²) in [7, 11) is -3.61. The molecule has 1 aliphatic rings. The number of aromatic nitrogens is 1. The Labute approximate surface area is 164 Å². The smallest absolute Gasteiger partial charge is 0.255 e. The van der Waals surface area contributed by atoms with Gasteiger partial charge in [0, 0.05) is 37.1 Å². The molecule has 0 spiro atoms. The monoisotopic (exact) mass is 407 g/mol. The maximum absolute atomic E-state index is 12.6. The highest BCUT2D eigenvalue weighted by atomic mass is 35.5. The number of piperidine rings is 1. The van der Waals surface area contributed by atoms with Gasteiger partial charge in [0.05, 0.1) is 10.5 Å². The molecule has 8 heteroatoms. The van der Waals surface area contributed by atoms with Crippen LogP contribution >= 0.6 is 11.6 Å². The molecule has 6 nitrogen and oxygen atoms in total. The Morgan fingerprint density at radius 3 is 2.70 bits per heavy atom. The van der Waals surface area contributed by atoms with Crippen LogP contribution in [0, 0.1) is 12.8 Å². The van der Waals surface area contributed by atoms with Gasteiger partial charge in [-0.2, -0.15) is 0 Å². The normalized spacial score (nSPS) is 15.7. The Bertz CT molecular complexity index is 911. The lowest BCUT2D eigenvalue weighted by molar-refractivity contribution is 0.0691. The zero-order chi connectivity index (χ0) is 19.4. The first-order chi connectivity index (χ1) is 12.9. The summed E-state index contributed by atoms with van der Waals surface area (Å²) in [5, 5.41) is 0.392. The van der Waals surface area contributed by atoms with E-state index in [0.717, 1.165) is 12.8 Å². The summed E-state index contributed by atoms with van der Waals surface area (Å²) in [6.45, 7) is 3.31. The maximum Gasteiger partial charge on any atom is 0.255 e. The Kier molecular flexibility index (Phi) is 6.14. The minimum absolute atomic E-state index is 0.0308. The summed E-state index contributed by atoms with van der Waals surface area (Å²) in [5.41, 5.74) is 1.23. The Hall–Kier alpha value is -1.96. The third-order valence-corrected chi connectivity index (χ3v) is 6.61. The molecule has 1 fully saturated rings. The predicted octanol–water partition coefficient (Wildman–Crippen LogP) is 2.87. The summed E-state index contributed by atoms with van der Waals surface area (Å²) in [5.74, 6) is 0.161. The van der Waals surface area contributed by atoms with Crippen LogP contribution in [-0.4, -0.2) is 43.8 Å². The fourth-order valence-corrected chi connectivity index (χ4v) is 4.80. The molecule has 1 amide bonds. The Morgan fingerprint density at radius 1 is 1.30 bits per heavy atom. The molecule has 3 rings (SSSR count). The summed E-state index contributed by atoms with van der Waals surface area (Å²) in [4.78, 5) is 18.4. The van der Waals surface area contributed by atoms with Gasteiger partial charge in [0.1, 0.15) is 0 Å². The molecule has 0 radical (unpaired) electrons. The van der Waals surface area contributed by atoms with Gasteiger partial charge in [-0.1, -0.05) is 17.7 Å². The van der Waals surface area contributed by atoms with Crippen molar-refractivity contribution in [2.75, 3.05) is 19.6 Å². The van der Waals surface area contributed by atoms with Crippen LogP contribution in [0.3, 0.4) is 0 Å². The second-order valence-electron chi connectivity index (χ2n) is 6.74. The van der Waals surface area contributed by atoms with E-state index in [0.29, 0.717) is 35.8 Å². The Balaban J connectivity index is 1.55. The number of likely N-dealkylation sites (tertiary alicyclic amines) is 1. The maximum atomic E-state index is 12.6. The molecule has 144 valence electrons. The van der Waals surface area contributed by atoms with Crippen LogP contribution in [0.1, 0.15) is 28.8 Å². The van der Waals surface area contributed by atoms with E-state index in [1.54, 1.807) is 48.5 Å². The van der Waals surface area contributed by atoms with E-state index >= 15 is 0 Å². The molecular weight excluding hydrogens is 386 g/mol. The number of halogens is 1. The number of hydrogen-bond donors (Lipinski definition) is 1. The first-order valence-electron chi connectivity index (χ1n) is 8.82. The van der Waals surface area contributed by atoms with Crippen molar-refractivity contribution >= 4 is 27.5 Å². The van der Waals surface area contributed by atoms with Crippen molar-refractivity contribution < 1.29 is 13.2 Å². The number of sulfonamides is 1. The average molecular weight is 408 g/mol. The number of carbonyl (C=O) groups excluding carboxylic acids is 1. The lowest BCUT2D eigenvalue weighted by atomic mass is 9.97. The standard InChI is InChI=1S/C19H22ClN3O3S/c1-14-4-5-17(20)11-18(14)27(25,26)22-12-15-6-9-23(10-7-15)19(24)16-3-2-8-21-13-16/h2-5,8,11,13,15,22H,6-7,9-10,12H2,1H3. The quantitative estimate of drug-likeness (QED) is 0.826. The zero-order valence-corrected chi connectivity index (χ0v) is 16.6. The number of pyridine rings is 1. The number of amides is 1. The van der Waals surface area contributed by atoms with Crippen LogP contribution in [0.25, 0.3) is 0 Å². The lowest BCUT2D eigenvalue weighted by Gasteiger charge is -2.32. The molecule has 2 aromatic rings. The third kappa shape index (κ3) is 4.86. The number of rotatable bonds is 5. The van der Waals surface area contributed by atoms with E-state index in [1.807, 2.05) is 0 Å². The second-order valence-corrected chi connectivity index (χ2v) is 8.91. The number of benzene rings is 1. The molecule has 27 heavy (non-hydrogen) atoms. The van der Waals surface area contributed by atoms with Crippen molar-refractivity contribution in [1.29, 1.82) is 0 Å². The summed E-state index contributed by atoms with van der Waals surface area (Å²) < 4.78 is 27.8. The van der Waals surface area contributed by atoms with Gasteiger partial charge >= 0.3 is 0 Å². The topological polar surface area (TPSA) is 79.4 Å². The molecule has 1 N–H and O–H groups in total. The van der Waals surface area contributed by atoms with Gasteiger partial charge in [-0.15, -0.1) is 0 Å². The highest BCUT2D eigenvalue weighted by Crippen LogP contribution is 2.22. The molecule has 0 bridgehead atoms. The molecule has 1 aliphatic heterocycles. The van der Waals surface area contributed by atoms with Crippen molar-refractivity contribution in [1.82, 2.24) is 14.6 Å². The first-order valence-corrected chi connectivity index (χ1v) is 10.7. The predicted molar refractivity (Wildman–Crippen MR) is 104 cm³/mol. The van der Waals surface area contributed by atoms with Gasteiger partial charge < -0.3 is 4.90 Å². The van der Waals surface area contributed by atoms with Crippen LogP contribution in [0.4, 0.5) is 0 Å². The number of nitrogens with one attached hydrogen (secondary N) is 1. The molecule has 1 aromatic carbocycles. The van der Waals surface area contributed by atoms with Crippen LogP contribution in [0.15, 0.2) is 47.6 Å². The number of hydrogen-bond acceptors (Lipinski definition) is 4. The fraction of sp³-hybridized carbons (Fsp3) is 0.368. The largest absolute Gasteiger partial charge is 0.339 e. The minimum Gasteiger partial charge on any atom is -0.339 e. The van der Waals surface area contributed by atoms with E-state index in [9.17, 15) is 13.2 Å². The zero-order valence-electron chi connectivity index (χ0n) is 15.1. The van der Waals surface area contributed by atoms with Crippen LogP contribution < -0.4 is 4.72 Å². The van der Waals surface area contributed by atoms with Crippen molar-refractivity contribution in [2.24, 2.45) is 5.92 Å². The third-order valence-electron chi connectivity index (χ3n) is 4.81. The molecule has 0 unspecified atom stereocenters. The highest BCUT2D eigenvalue weighted by molar-refractivity contribution is 7.89. The molecule has 0 saturated carbocycles. The summed E-state index contributed by atoms with van der Waals surface area (Å²) >= 11 is 5.93. The van der Waals surface area contributed by atoms with Gasteiger partial charge in [-0.25, -0.2) is 13.1 Å². The van der Waals surface area contributed by atoms with E-state index in [2.05, 4.69) is 9.71 Å². The minimum atomic E-state index is -3.61. The van der Waals surface area contributed by atoms with E-state index in [1.165, 1.54) is 6.07 Å². The van der Waals surface area contributed by atoms with Crippen LogP contribution in [0.5, 0.6) is 0 Å². The highest BCUT2D eigenvalue weighted by Gasteiger charge is 2.25.